The molecule has 0 atom stereocenters. The van der Waals surface area contributed by atoms with Gasteiger partial charge in [-0.3, -0.25) is 0 Å². The van der Waals surface area contributed by atoms with Crippen LogP contribution < -0.4 is 0 Å². The fraction of sp³-hybridized carbons (Fsp3) is 0. The molecule has 2 aromatic carbocycles. The number of benzene rings is 2. The van der Waals surface area contributed by atoms with Gasteiger partial charge in [-0.1, -0.05) is 42.5 Å². The lowest BCUT2D eigenvalue weighted by molar-refractivity contribution is 0.574. The van der Waals surface area contributed by atoms with Gasteiger partial charge in [-0.2, -0.15) is 0 Å². The molecule has 17 heavy (non-hydrogen) atoms. The third-order valence-corrected chi connectivity index (χ3v) is 2.65. The van der Waals surface area contributed by atoms with Crippen molar-refractivity contribution in [2.45, 2.75) is 0 Å². The standard InChI is InChI=1S/C15H11NO/c1-2-5-12(6-3-1)13-7-4-8-14(11-13)15-16-9-10-17-15/h1-11H. The van der Waals surface area contributed by atoms with Crippen LogP contribution >= 0.6 is 0 Å². The van der Waals surface area contributed by atoms with E-state index in [1.807, 2.05) is 30.3 Å². The molecule has 3 rings (SSSR count). The molecule has 0 aliphatic carbocycles. The summed E-state index contributed by atoms with van der Waals surface area (Å²) in [6.07, 6.45) is 3.25. The van der Waals surface area contributed by atoms with E-state index in [4.69, 9.17) is 4.42 Å². The lowest BCUT2D eigenvalue weighted by Gasteiger charge is -2.02. The molecule has 0 saturated carbocycles. The minimum atomic E-state index is 0.655. The lowest BCUT2D eigenvalue weighted by atomic mass is 10.0. The first-order valence-corrected chi connectivity index (χ1v) is 5.49. The van der Waals surface area contributed by atoms with Gasteiger partial charge in [0.25, 0.3) is 0 Å². The lowest BCUT2D eigenvalue weighted by Crippen LogP contribution is -1.80. The molecule has 0 radical (unpaired) electrons. The van der Waals surface area contributed by atoms with Gasteiger partial charge in [-0.15, -0.1) is 0 Å². The summed E-state index contributed by atoms with van der Waals surface area (Å²) in [5.41, 5.74) is 3.36. The first-order valence-electron chi connectivity index (χ1n) is 5.49. The summed E-state index contributed by atoms with van der Waals surface area (Å²) in [7, 11) is 0. The molecule has 0 unspecified atom stereocenters. The number of oxazole rings is 1. The van der Waals surface area contributed by atoms with Gasteiger partial charge in [0.05, 0.1) is 6.20 Å². The van der Waals surface area contributed by atoms with Crippen molar-refractivity contribution in [1.82, 2.24) is 4.98 Å². The Kier molecular flexibility index (Phi) is 2.47. The van der Waals surface area contributed by atoms with Gasteiger partial charge in [0.2, 0.25) is 5.89 Å². The Morgan fingerprint density at radius 1 is 0.765 bits per heavy atom. The van der Waals surface area contributed by atoms with Crippen LogP contribution in [0.5, 0.6) is 0 Å². The van der Waals surface area contributed by atoms with Crippen LogP contribution in [0.2, 0.25) is 0 Å². The van der Waals surface area contributed by atoms with Gasteiger partial charge in [0.15, 0.2) is 0 Å². The molecular formula is C15H11NO. The molecule has 0 saturated heterocycles. The Balaban J connectivity index is 2.06. The second-order valence-corrected chi connectivity index (χ2v) is 3.78. The Bertz CT molecular complexity index is 600. The summed E-state index contributed by atoms with van der Waals surface area (Å²) in [5.74, 6) is 0.655. The molecule has 82 valence electrons. The SMILES string of the molecule is c1ccc(-c2cccc(-c3ncco3)c2)cc1. The van der Waals surface area contributed by atoms with Crippen molar-refractivity contribution in [3.63, 3.8) is 0 Å². The predicted octanol–water partition coefficient (Wildman–Crippen LogP) is 4.01. The van der Waals surface area contributed by atoms with Crippen LogP contribution in [-0.4, -0.2) is 4.98 Å². The molecule has 1 heterocycles. The number of aromatic nitrogens is 1. The van der Waals surface area contributed by atoms with Crippen LogP contribution in [0, 0.1) is 0 Å². The van der Waals surface area contributed by atoms with E-state index in [1.54, 1.807) is 12.5 Å². The maximum atomic E-state index is 5.30. The zero-order valence-electron chi connectivity index (χ0n) is 9.21. The van der Waals surface area contributed by atoms with Gasteiger partial charge in [0.1, 0.15) is 6.26 Å². The summed E-state index contributed by atoms with van der Waals surface area (Å²) in [6, 6.07) is 18.5. The van der Waals surface area contributed by atoms with Crippen molar-refractivity contribution >= 4 is 0 Å². The average molecular weight is 221 g/mol. The Morgan fingerprint density at radius 3 is 2.29 bits per heavy atom. The van der Waals surface area contributed by atoms with Crippen molar-refractivity contribution in [1.29, 1.82) is 0 Å². The van der Waals surface area contributed by atoms with E-state index in [-0.39, 0.29) is 0 Å². The summed E-state index contributed by atoms with van der Waals surface area (Å²) in [6.45, 7) is 0. The molecule has 1 aromatic heterocycles. The smallest absolute Gasteiger partial charge is 0.225 e. The zero-order valence-corrected chi connectivity index (χ0v) is 9.21. The normalized spacial score (nSPS) is 10.4. The molecule has 0 N–H and O–H groups in total. The van der Waals surface area contributed by atoms with Crippen LogP contribution in [0.4, 0.5) is 0 Å². The van der Waals surface area contributed by atoms with Gasteiger partial charge in [0, 0.05) is 5.56 Å². The first-order chi connectivity index (χ1) is 8.43. The van der Waals surface area contributed by atoms with E-state index in [0.29, 0.717) is 5.89 Å². The van der Waals surface area contributed by atoms with Crippen LogP contribution in [0.15, 0.2) is 71.5 Å². The largest absolute Gasteiger partial charge is 0.445 e. The molecule has 0 bridgehead atoms. The Morgan fingerprint density at radius 2 is 1.53 bits per heavy atom. The van der Waals surface area contributed by atoms with E-state index < -0.39 is 0 Å². The van der Waals surface area contributed by atoms with Crippen LogP contribution in [0.1, 0.15) is 0 Å². The monoisotopic (exact) mass is 221 g/mol. The van der Waals surface area contributed by atoms with Gasteiger partial charge >= 0.3 is 0 Å². The van der Waals surface area contributed by atoms with Gasteiger partial charge in [-0.25, -0.2) is 4.98 Å². The quantitative estimate of drug-likeness (QED) is 0.653. The molecular weight excluding hydrogens is 210 g/mol. The van der Waals surface area contributed by atoms with Gasteiger partial charge < -0.3 is 4.42 Å². The second-order valence-electron chi connectivity index (χ2n) is 3.78. The predicted molar refractivity (Wildman–Crippen MR) is 67.4 cm³/mol. The second kappa shape index (κ2) is 4.26. The highest BCUT2D eigenvalue weighted by atomic mass is 16.3. The van der Waals surface area contributed by atoms with Crippen LogP contribution in [0.3, 0.4) is 0 Å². The summed E-state index contributed by atoms with van der Waals surface area (Å²) in [4.78, 5) is 4.15. The molecule has 0 fully saturated rings. The molecule has 0 spiro atoms. The van der Waals surface area contributed by atoms with E-state index in [2.05, 4.69) is 29.2 Å². The number of hydrogen-bond donors (Lipinski definition) is 0. The summed E-state index contributed by atoms with van der Waals surface area (Å²) < 4.78 is 5.30. The summed E-state index contributed by atoms with van der Waals surface area (Å²) in [5, 5.41) is 0. The van der Waals surface area contributed by atoms with E-state index >= 15 is 0 Å². The molecule has 3 aromatic rings. The Labute approximate surface area is 99.6 Å². The number of hydrogen-bond acceptors (Lipinski definition) is 2. The molecule has 2 nitrogen and oxygen atoms in total. The molecule has 0 aliphatic heterocycles. The minimum absolute atomic E-state index is 0.655. The molecule has 2 heteroatoms. The maximum Gasteiger partial charge on any atom is 0.225 e. The van der Waals surface area contributed by atoms with E-state index in [1.165, 1.54) is 11.1 Å². The minimum Gasteiger partial charge on any atom is -0.445 e. The number of nitrogens with zero attached hydrogens (tertiary/aromatic N) is 1. The summed E-state index contributed by atoms with van der Waals surface area (Å²) >= 11 is 0. The highest BCUT2D eigenvalue weighted by Gasteiger charge is 2.03. The fourth-order valence-corrected chi connectivity index (χ4v) is 1.83. The van der Waals surface area contributed by atoms with Crippen molar-refractivity contribution in [2.24, 2.45) is 0 Å². The fourth-order valence-electron chi connectivity index (χ4n) is 1.83. The highest BCUT2D eigenvalue weighted by molar-refractivity contribution is 5.69. The third kappa shape index (κ3) is 1.97. The van der Waals surface area contributed by atoms with Crippen molar-refractivity contribution in [3.05, 3.63) is 67.1 Å². The maximum absolute atomic E-state index is 5.30. The molecule has 0 amide bonds. The van der Waals surface area contributed by atoms with Crippen molar-refractivity contribution in [3.8, 4) is 22.6 Å². The van der Waals surface area contributed by atoms with Crippen LogP contribution in [-0.2, 0) is 0 Å². The van der Waals surface area contributed by atoms with Gasteiger partial charge in [-0.05, 0) is 23.3 Å². The first kappa shape index (κ1) is 9.85. The topological polar surface area (TPSA) is 26.0 Å². The molecule has 0 aliphatic rings. The highest BCUT2D eigenvalue weighted by Crippen LogP contribution is 2.24. The van der Waals surface area contributed by atoms with Crippen molar-refractivity contribution < 1.29 is 4.42 Å². The van der Waals surface area contributed by atoms with E-state index in [9.17, 15) is 0 Å². The number of rotatable bonds is 2. The Hall–Kier alpha value is -2.35. The van der Waals surface area contributed by atoms with E-state index in [0.717, 1.165) is 5.56 Å². The van der Waals surface area contributed by atoms with Crippen LogP contribution in [0.25, 0.3) is 22.6 Å². The van der Waals surface area contributed by atoms with Crippen molar-refractivity contribution in [2.75, 3.05) is 0 Å². The third-order valence-electron chi connectivity index (χ3n) is 2.65. The average Bonchev–Trinajstić information content (AvgIpc) is 2.94. The zero-order chi connectivity index (χ0) is 11.5.